The first-order valence-corrected chi connectivity index (χ1v) is 9.61. The van der Waals surface area contributed by atoms with Gasteiger partial charge >= 0.3 is 0 Å². The van der Waals surface area contributed by atoms with Crippen molar-refractivity contribution < 1.29 is 13.5 Å². The molecule has 0 amide bonds. The van der Waals surface area contributed by atoms with Crippen LogP contribution in [-0.2, 0) is 13.2 Å². The predicted octanol–water partition coefficient (Wildman–Crippen LogP) is 4.20. The highest BCUT2D eigenvalue weighted by Gasteiger charge is 2.16. The third kappa shape index (κ3) is 3.80. The SMILES string of the molecule is Cc1cc(OCc2ccc(F)cc2F)c(Br)c(=O)n1-c1ccc2c(c1)CNN=C2. The van der Waals surface area contributed by atoms with Crippen LogP contribution in [0.2, 0.25) is 0 Å². The van der Waals surface area contributed by atoms with E-state index in [2.05, 4.69) is 26.5 Å². The zero-order chi connectivity index (χ0) is 20.5. The average Bonchev–Trinajstić information content (AvgIpc) is 2.70. The summed E-state index contributed by atoms with van der Waals surface area (Å²) in [6.07, 6.45) is 1.74. The van der Waals surface area contributed by atoms with Gasteiger partial charge in [-0.2, -0.15) is 5.10 Å². The first-order valence-electron chi connectivity index (χ1n) is 8.82. The minimum atomic E-state index is -0.697. The van der Waals surface area contributed by atoms with Crippen LogP contribution in [-0.4, -0.2) is 10.8 Å². The van der Waals surface area contributed by atoms with Crippen molar-refractivity contribution in [3.63, 3.8) is 0 Å². The van der Waals surface area contributed by atoms with Gasteiger partial charge in [0.1, 0.15) is 28.5 Å². The number of ether oxygens (including phenoxy) is 1. The van der Waals surface area contributed by atoms with Gasteiger partial charge in [-0.15, -0.1) is 0 Å². The molecule has 5 nitrogen and oxygen atoms in total. The lowest BCUT2D eigenvalue weighted by molar-refractivity contribution is 0.296. The Hall–Kier alpha value is -3.00. The molecule has 0 fully saturated rings. The standard InChI is InChI=1S/C21H16BrF2N3O2/c1-12-6-19(29-11-14-2-4-16(23)8-18(14)24)20(22)21(28)27(12)17-5-3-13-9-25-26-10-15(13)7-17/h2-9,26H,10-11H2,1H3. The molecule has 0 aliphatic carbocycles. The lowest BCUT2D eigenvalue weighted by Crippen LogP contribution is -2.23. The van der Waals surface area contributed by atoms with Crippen molar-refractivity contribution in [1.82, 2.24) is 9.99 Å². The normalized spacial score (nSPS) is 12.4. The van der Waals surface area contributed by atoms with Crippen molar-refractivity contribution in [1.29, 1.82) is 0 Å². The number of pyridine rings is 1. The molecule has 8 heteroatoms. The molecule has 0 bridgehead atoms. The van der Waals surface area contributed by atoms with E-state index < -0.39 is 11.6 Å². The Balaban J connectivity index is 1.66. The summed E-state index contributed by atoms with van der Waals surface area (Å²) in [6.45, 7) is 2.24. The Kier molecular flexibility index (Phi) is 5.19. The zero-order valence-electron chi connectivity index (χ0n) is 15.4. The van der Waals surface area contributed by atoms with Crippen molar-refractivity contribution >= 4 is 22.1 Å². The number of aromatic nitrogens is 1. The molecule has 1 aromatic heterocycles. The number of hydrazone groups is 1. The number of halogens is 3. The molecular weight excluding hydrogens is 444 g/mol. The highest BCUT2D eigenvalue weighted by Crippen LogP contribution is 2.26. The lowest BCUT2D eigenvalue weighted by atomic mass is 10.1. The summed E-state index contributed by atoms with van der Waals surface area (Å²) in [4.78, 5) is 13.0. The molecule has 0 spiro atoms. The summed E-state index contributed by atoms with van der Waals surface area (Å²) in [6, 6.07) is 10.7. The second-order valence-electron chi connectivity index (χ2n) is 6.61. The van der Waals surface area contributed by atoms with Gasteiger partial charge in [-0.1, -0.05) is 6.07 Å². The van der Waals surface area contributed by atoms with Gasteiger partial charge in [0.05, 0.1) is 12.8 Å². The Morgan fingerprint density at radius 3 is 2.83 bits per heavy atom. The second kappa shape index (κ2) is 7.79. The van der Waals surface area contributed by atoms with Crippen LogP contribution in [0.4, 0.5) is 8.78 Å². The summed E-state index contributed by atoms with van der Waals surface area (Å²) in [5.74, 6) is -1.06. The van der Waals surface area contributed by atoms with Gasteiger partial charge in [-0.3, -0.25) is 9.36 Å². The molecule has 0 saturated carbocycles. The highest BCUT2D eigenvalue weighted by molar-refractivity contribution is 9.10. The van der Waals surface area contributed by atoms with Crippen molar-refractivity contribution in [3.8, 4) is 11.4 Å². The van der Waals surface area contributed by atoms with Crippen molar-refractivity contribution in [2.24, 2.45) is 5.10 Å². The van der Waals surface area contributed by atoms with E-state index in [1.54, 1.807) is 23.8 Å². The molecule has 0 saturated heterocycles. The van der Waals surface area contributed by atoms with Crippen LogP contribution in [0.25, 0.3) is 5.69 Å². The molecule has 0 unspecified atom stereocenters. The van der Waals surface area contributed by atoms with Crippen LogP contribution in [0, 0.1) is 18.6 Å². The van der Waals surface area contributed by atoms with Crippen LogP contribution in [0.15, 0.2) is 56.8 Å². The van der Waals surface area contributed by atoms with Crippen LogP contribution in [0.5, 0.6) is 5.75 Å². The predicted molar refractivity (Wildman–Crippen MR) is 110 cm³/mol. The van der Waals surface area contributed by atoms with Gasteiger partial charge in [0.2, 0.25) is 0 Å². The largest absolute Gasteiger partial charge is 0.487 e. The lowest BCUT2D eigenvalue weighted by Gasteiger charge is -2.17. The minimum Gasteiger partial charge on any atom is -0.487 e. The number of hydrogen-bond acceptors (Lipinski definition) is 4. The maximum Gasteiger partial charge on any atom is 0.273 e. The van der Waals surface area contributed by atoms with E-state index in [0.717, 1.165) is 28.9 Å². The summed E-state index contributed by atoms with van der Waals surface area (Å²) in [7, 11) is 0. The maximum atomic E-state index is 13.8. The average molecular weight is 460 g/mol. The molecule has 1 aliphatic rings. The third-order valence-corrected chi connectivity index (χ3v) is 5.38. The molecular formula is C21H16BrF2N3O2. The van der Waals surface area contributed by atoms with Crippen LogP contribution < -0.4 is 15.7 Å². The van der Waals surface area contributed by atoms with Crippen molar-refractivity contribution in [2.75, 3.05) is 0 Å². The summed E-state index contributed by atoms with van der Waals surface area (Å²) in [5, 5.41) is 4.02. The molecule has 1 aliphatic heterocycles. The van der Waals surface area contributed by atoms with E-state index in [1.807, 2.05) is 18.2 Å². The fourth-order valence-corrected chi connectivity index (χ4v) is 3.56. The molecule has 0 atom stereocenters. The maximum absolute atomic E-state index is 13.8. The number of nitrogens with one attached hydrogen (secondary N) is 1. The molecule has 2 heterocycles. The van der Waals surface area contributed by atoms with Gasteiger partial charge in [-0.05, 0) is 58.2 Å². The molecule has 2 aromatic carbocycles. The summed E-state index contributed by atoms with van der Waals surface area (Å²) >= 11 is 3.30. The van der Waals surface area contributed by atoms with E-state index in [0.29, 0.717) is 18.0 Å². The minimum absolute atomic E-state index is 0.128. The van der Waals surface area contributed by atoms with Crippen molar-refractivity contribution in [2.45, 2.75) is 20.1 Å². The quantitative estimate of drug-likeness (QED) is 0.635. The van der Waals surface area contributed by atoms with E-state index in [4.69, 9.17) is 4.74 Å². The van der Waals surface area contributed by atoms with Crippen LogP contribution in [0.1, 0.15) is 22.4 Å². The highest BCUT2D eigenvalue weighted by atomic mass is 79.9. The summed E-state index contributed by atoms with van der Waals surface area (Å²) in [5.41, 5.74) is 6.22. The fraction of sp³-hybridized carbons (Fsp3) is 0.143. The Morgan fingerprint density at radius 1 is 1.21 bits per heavy atom. The van der Waals surface area contributed by atoms with Gasteiger partial charge in [-0.25, -0.2) is 8.78 Å². The monoisotopic (exact) mass is 459 g/mol. The zero-order valence-corrected chi connectivity index (χ0v) is 17.0. The van der Waals surface area contributed by atoms with Crippen LogP contribution in [0.3, 0.4) is 0 Å². The number of fused-ring (bicyclic) bond motifs is 1. The van der Waals surface area contributed by atoms with E-state index in [9.17, 15) is 13.6 Å². The molecule has 4 rings (SSSR count). The smallest absolute Gasteiger partial charge is 0.273 e. The number of nitrogens with zero attached hydrogens (tertiary/aromatic N) is 2. The fourth-order valence-electron chi connectivity index (χ4n) is 3.16. The topological polar surface area (TPSA) is 55.6 Å². The summed E-state index contributed by atoms with van der Waals surface area (Å²) < 4.78 is 34.3. The Morgan fingerprint density at radius 2 is 2.03 bits per heavy atom. The molecule has 3 aromatic rings. The molecule has 0 radical (unpaired) electrons. The Labute approximate surface area is 173 Å². The first-order chi connectivity index (χ1) is 13.9. The first kappa shape index (κ1) is 19.3. The van der Waals surface area contributed by atoms with Crippen LogP contribution >= 0.6 is 15.9 Å². The number of hydrogen-bond donors (Lipinski definition) is 1. The van der Waals surface area contributed by atoms with E-state index in [-0.39, 0.29) is 22.2 Å². The molecule has 148 valence electrons. The van der Waals surface area contributed by atoms with E-state index in [1.165, 1.54) is 6.07 Å². The van der Waals surface area contributed by atoms with Gasteiger partial charge in [0.15, 0.2) is 0 Å². The van der Waals surface area contributed by atoms with Crippen molar-refractivity contribution in [3.05, 3.63) is 91.3 Å². The van der Waals surface area contributed by atoms with Gasteiger partial charge < -0.3 is 10.2 Å². The Bertz CT molecular complexity index is 1190. The van der Waals surface area contributed by atoms with Gasteiger partial charge in [0, 0.05) is 29.1 Å². The molecule has 29 heavy (non-hydrogen) atoms. The van der Waals surface area contributed by atoms with Gasteiger partial charge in [0.25, 0.3) is 5.56 Å². The second-order valence-corrected chi connectivity index (χ2v) is 7.40. The van der Waals surface area contributed by atoms with E-state index >= 15 is 0 Å². The number of benzene rings is 2. The molecule has 1 N–H and O–H groups in total. The third-order valence-electron chi connectivity index (χ3n) is 4.65. The number of rotatable bonds is 4. The number of aryl methyl sites for hydroxylation is 1.